The highest BCUT2D eigenvalue weighted by Crippen LogP contribution is 2.45. The van der Waals surface area contributed by atoms with Gasteiger partial charge in [-0.15, -0.1) is 0 Å². The second-order valence-corrected chi connectivity index (χ2v) is 15.3. The van der Waals surface area contributed by atoms with Crippen LogP contribution in [0.5, 0.6) is 0 Å². The van der Waals surface area contributed by atoms with Crippen LogP contribution in [0.25, 0.3) is 111 Å². The minimum Gasteiger partial charge on any atom is -0.456 e. The molecule has 9 aromatic carbocycles. The van der Waals surface area contributed by atoms with Crippen LogP contribution in [-0.2, 0) is 0 Å². The van der Waals surface area contributed by atoms with E-state index in [0.29, 0.717) is 5.82 Å². The molecule has 0 unspecified atom stereocenters. The Labute approximate surface area is 354 Å². The van der Waals surface area contributed by atoms with Gasteiger partial charge in [0.25, 0.3) is 0 Å². The number of para-hydroxylation sites is 1. The summed E-state index contributed by atoms with van der Waals surface area (Å²) in [5.41, 5.74) is 18.3. The lowest BCUT2D eigenvalue weighted by Crippen LogP contribution is -1.95. The summed E-state index contributed by atoms with van der Waals surface area (Å²) in [6.45, 7) is 0. The van der Waals surface area contributed by atoms with Crippen molar-refractivity contribution in [3.63, 3.8) is 0 Å². The average Bonchev–Trinajstić information content (AvgIpc) is 3.73. The van der Waals surface area contributed by atoms with E-state index in [0.717, 1.165) is 77.8 Å². The van der Waals surface area contributed by atoms with Crippen LogP contribution in [0, 0.1) is 0 Å². The van der Waals surface area contributed by atoms with Crippen molar-refractivity contribution in [2.24, 2.45) is 0 Å². The molecule has 2 aromatic heterocycles. The largest absolute Gasteiger partial charge is 0.456 e. The molecular weight excluding hydrogens is 741 g/mol. The monoisotopic (exact) mass is 778 g/mol. The number of nitrogens with zero attached hydrogens (tertiary/aromatic N) is 2. The quantitative estimate of drug-likeness (QED) is 0.154. The molecule has 0 bridgehead atoms. The fourth-order valence-electron chi connectivity index (χ4n) is 8.45. The van der Waals surface area contributed by atoms with Gasteiger partial charge < -0.3 is 4.42 Å². The van der Waals surface area contributed by atoms with Crippen LogP contribution in [0.2, 0.25) is 0 Å². The van der Waals surface area contributed by atoms with Crippen LogP contribution in [-0.4, -0.2) is 9.97 Å². The number of fused-ring (bicyclic) bond motifs is 3. The van der Waals surface area contributed by atoms with Crippen LogP contribution in [0.1, 0.15) is 0 Å². The predicted molar refractivity (Wildman–Crippen MR) is 253 cm³/mol. The van der Waals surface area contributed by atoms with Gasteiger partial charge in [-0.05, 0) is 92.0 Å². The zero-order valence-corrected chi connectivity index (χ0v) is 33.2. The van der Waals surface area contributed by atoms with E-state index in [1.54, 1.807) is 0 Å². The molecule has 0 amide bonds. The molecule has 11 aromatic rings. The highest BCUT2D eigenvalue weighted by Gasteiger charge is 2.19. The molecule has 3 nitrogen and oxygen atoms in total. The average molecular weight is 779 g/mol. The van der Waals surface area contributed by atoms with Crippen LogP contribution in [0.4, 0.5) is 0 Å². The van der Waals surface area contributed by atoms with Gasteiger partial charge in [-0.25, -0.2) is 9.97 Å². The summed E-state index contributed by atoms with van der Waals surface area (Å²) in [5, 5.41) is 2.23. The highest BCUT2D eigenvalue weighted by molar-refractivity contribution is 6.07. The molecule has 0 saturated carbocycles. The molecule has 0 spiro atoms. The standard InChI is InChI=1S/C58H38N2O/c1-5-15-39(16-6-1)48-36-50(57(45-19-9-3-10-20-45)51(37-48)47-33-34-56-52(35-47)49-23-13-14-24-55(49)61-56)42-29-25-40(26-30-42)41-27-31-44(32-28-41)54-38-53(43-17-7-2-8-18-43)59-58(60-54)46-21-11-4-12-22-46/h1-38H. The zero-order chi connectivity index (χ0) is 40.5. The first-order valence-corrected chi connectivity index (χ1v) is 20.6. The summed E-state index contributed by atoms with van der Waals surface area (Å²) in [4.78, 5) is 10.0. The molecule has 0 aliphatic rings. The van der Waals surface area contributed by atoms with Gasteiger partial charge in [0.1, 0.15) is 11.2 Å². The summed E-state index contributed by atoms with van der Waals surface area (Å²) < 4.78 is 6.26. The Kier molecular flexibility index (Phi) is 9.18. The Morgan fingerprint density at radius 3 is 1.31 bits per heavy atom. The van der Waals surface area contributed by atoms with Gasteiger partial charge >= 0.3 is 0 Å². The number of furan rings is 1. The maximum absolute atomic E-state index is 6.26. The maximum atomic E-state index is 6.26. The lowest BCUT2D eigenvalue weighted by Gasteiger charge is -2.19. The molecule has 3 heteroatoms. The van der Waals surface area contributed by atoms with E-state index < -0.39 is 0 Å². The topological polar surface area (TPSA) is 38.9 Å². The normalized spacial score (nSPS) is 11.3. The van der Waals surface area contributed by atoms with Gasteiger partial charge in [0.05, 0.1) is 11.4 Å². The number of hydrogen-bond donors (Lipinski definition) is 0. The SMILES string of the molecule is c1ccc(-c2cc(-c3ccc(-c4ccc(-c5cc(-c6ccccc6)nc(-c6ccccc6)n5)cc4)cc3)c(-c3ccccc3)c(-c3ccc4oc5ccccc5c4c3)c2)cc1. The van der Waals surface area contributed by atoms with Gasteiger partial charge in [-0.2, -0.15) is 0 Å². The molecular formula is C58H38N2O. The lowest BCUT2D eigenvalue weighted by atomic mass is 9.84. The van der Waals surface area contributed by atoms with Crippen molar-refractivity contribution in [2.45, 2.75) is 0 Å². The molecule has 0 aliphatic carbocycles. The van der Waals surface area contributed by atoms with E-state index in [2.05, 4.69) is 182 Å². The minimum absolute atomic E-state index is 0.710. The first-order valence-electron chi connectivity index (χ1n) is 20.6. The molecule has 0 saturated heterocycles. The third kappa shape index (κ3) is 6.98. The minimum atomic E-state index is 0.710. The van der Waals surface area contributed by atoms with E-state index in [4.69, 9.17) is 14.4 Å². The molecule has 0 fully saturated rings. The van der Waals surface area contributed by atoms with Crippen molar-refractivity contribution in [2.75, 3.05) is 0 Å². The first kappa shape index (κ1) is 36.0. The van der Waals surface area contributed by atoms with E-state index >= 15 is 0 Å². The fraction of sp³-hybridized carbons (Fsp3) is 0. The van der Waals surface area contributed by atoms with Gasteiger partial charge in [-0.1, -0.05) is 194 Å². The Bertz CT molecular complexity index is 3250. The maximum Gasteiger partial charge on any atom is 0.160 e. The third-order valence-corrected chi connectivity index (χ3v) is 11.5. The molecule has 286 valence electrons. The molecule has 2 heterocycles. The smallest absolute Gasteiger partial charge is 0.160 e. The molecule has 0 aliphatic heterocycles. The van der Waals surface area contributed by atoms with Gasteiger partial charge in [0.15, 0.2) is 5.82 Å². The molecule has 0 atom stereocenters. The van der Waals surface area contributed by atoms with Crippen molar-refractivity contribution in [1.29, 1.82) is 0 Å². The number of hydrogen-bond acceptors (Lipinski definition) is 3. The molecule has 11 rings (SSSR count). The predicted octanol–water partition coefficient (Wildman–Crippen LogP) is 15.7. The van der Waals surface area contributed by atoms with E-state index in [9.17, 15) is 0 Å². The van der Waals surface area contributed by atoms with Crippen LogP contribution in [0.3, 0.4) is 0 Å². The molecule has 0 radical (unpaired) electrons. The molecule has 0 N–H and O–H groups in total. The van der Waals surface area contributed by atoms with Crippen molar-refractivity contribution in [3.05, 3.63) is 231 Å². The number of rotatable bonds is 8. The first-order chi connectivity index (χ1) is 30.2. The fourth-order valence-corrected chi connectivity index (χ4v) is 8.45. The second kappa shape index (κ2) is 15.6. The summed E-state index contributed by atoms with van der Waals surface area (Å²) >= 11 is 0. The Morgan fingerprint density at radius 2 is 0.689 bits per heavy atom. The summed E-state index contributed by atoms with van der Waals surface area (Å²) in [6, 6.07) is 81.3. The molecule has 61 heavy (non-hydrogen) atoms. The highest BCUT2D eigenvalue weighted by atomic mass is 16.3. The zero-order valence-electron chi connectivity index (χ0n) is 33.2. The van der Waals surface area contributed by atoms with Crippen LogP contribution in [0.15, 0.2) is 235 Å². The number of benzene rings is 9. The Morgan fingerprint density at radius 1 is 0.262 bits per heavy atom. The van der Waals surface area contributed by atoms with Crippen molar-refractivity contribution < 1.29 is 4.42 Å². The third-order valence-electron chi connectivity index (χ3n) is 11.5. The van der Waals surface area contributed by atoms with Gasteiger partial charge in [-0.3, -0.25) is 0 Å². The second-order valence-electron chi connectivity index (χ2n) is 15.3. The van der Waals surface area contributed by atoms with Gasteiger partial charge in [0, 0.05) is 27.5 Å². The Balaban J connectivity index is 1.00. The van der Waals surface area contributed by atoms with Crippen molar-refractivity contribution in [1.82, 2.24) is 9.97 Å². The lowest BCUT2D eigenvalue weighted by molar-refractivity contribution is 0.669. The van der Waals surface area contributed by atoms with Crippen molar-refractivity contribution in [3.8, 4) is 89.5 Å². The van der Waals surface area contributed by atoms with E-state index in [-0.39, 0.29) is 0 Å². The Hall–Kier alpha value is -8.14. The summed E-state index contributed by atoms with van der Waals surface area (Å²) in [6.07, 6.45) is 0. The summed E-state index contributed by atoms with van der Waals surface area (Å²) in [7, 11) is 0. The summed E-state index contributed by atoms with van der Waals surface area (Å²) in [5.74, 6) is 0.710. The van der Waals surface area contributed by atoms with Crippen molar-refractivity contribution >= 4 is 21.9 Å². The van der Waals surface area contributed by atoms with Crippen LogP contribution >= 0.6 is 0 Å². The van der Waals surface area contributed by atoms with Gasteiger partial charge in [0.2, 0.25) is 0 Å². The van der Waals surface area contributed by atoms with Crippen LogP contribution < -0.4 is 0 Å². The van der Waals surface area contributed by atoms with E-state index in [1.807, 2.05) is 48.5 Å². The number of aromatic nitrogens is 2. The van der Waals surface area contributed by atoms with E-state index in [1.165, 1.54) is 27.8 Å².